The average molecular weight is 585 g/mol. The number of hydrogen-bond acceptors (Lipinski definition) is 7. The van der Waals surface area contributed by atoms with Crippen LogP contribution in [0.5, 0.6) is 0 Å². The van der Waals surface area contributed by atoms with Crippen LogP contribution < -0.4 is 0 Å². The smallest absolute Gasteiger partial charge is 0.326 e. The maximum atomic E-state index is 15.3. The van der Waals surface area contributed by atoms with E-state index in [0.717, 1.165) is 49.9 Å². The highest BCUT2D eigenvalue weighted by Gasteiger charge is 2.40. The first-order valence-electron chi connectivity index (χ1n) is 14.4. The number of halogens is 2. The SMILES string of the molecule is O=C(O)[C@@H]1CCCN1C(=O)C1=C(F)CC(OCC2CCN(Cc3nc(-c4ccccc4Cl)no3)CC2)C(C2CC2)=C1. The zero-order valence-electron chi connectivity index (χ0n) is 22.8. The van der Waals surface area contributed by atoms with E-state index in [1.807, 2.05) is 18.2 Å². The van der Waals surface area contributed by atoms with Crippen molar-refractivity contribution in [2.45, 2.75) is 63.6 Å². The number of carbonyl (C=O) groups excluding carboxylic acids is 1. The van der Waals surface area contributed by atoms with Gasteiger partial charge in [0.05, 0.1) is 29.9 Å². The lowest BCUT2D eigenvalue weighted by atomic mass is 9.91. The summed E-state index contributed by atoms with van der Waals surface area (Å²) in [5.74, 6) is -0.380. The molecule has 2 aliphatic heterocycles. The summed E-state index contributed by atoms with van der Waals surface area (Å²) in [5.41, 5.74) is 1.72. The number of hydrogen-bond donors (Lipinski definition) is 1. The minimum absolute atomic E-state index is 0.00641. The van der Waals surface area contributed by atoms with Gasteiger partial charge in [0.1, 0.15) is 11.9 Å². The molecule has 0 bridgehead atoms. The molecule has 1 aromatic carbocycles. The van der Waals surface area contributed by atoms with Gasteiger partial charge in [0.25, 0.3) is 5.91 Å². The lowest BCUT2D eigenvalue weighted by Gasteiger charge is -2.33. The van der Waals surface area contributed by atoms with Crippen molar-refractivity contribution in [2.24, 2.45) is 11.8 Å². The Hall–Kier alpha value is -3.08. The molecule has 9 nitrogen and oxygen atoms in total. The Labute approximate surface area is 243 Å². The van der Waals surface area contributed by atoms with E-state index in [4.69, 9.17) is 20.9 Å². The van der Waals surface area contributed by atoms with Gasteiger partial charge in [0, 0.05) is 18.5 Å². The molecule has 1 unspecified atom stereocenters. The number of ether oxygens (including phenoxy) is 1. The van der Waals surface area contributed by atoms with E-state index in [1.54, 1.807) is 12.1 Å². The van der Waals surface area contributed by atoms with E-state index in [1.165, 1.54) is 4.90 Å². The second-order valence-electron chi connectivity index (χ2n) is 11.5. The molecule has 6 rings (SSSR count). The standard InChI is InChI=1S/C30H34ClFN4O5/c31-23-5-2-1-4-20(23)28-33-27(41-34-28)16-35-12-9-18(10-13-35)17-40-26-15-24(32)22(14-21(26)19-7-8-19)29(37)36-11-3-6-25(36)30(38)39/h1-2,4-5,14,18-19,25-26H,3,6-13,15-17H2,(H,38,39)/t25-,26?/m0/s1. The van der Waals surface area contributed by atoms with Crippen molar-refractivity contribution in [3.63, 3.8) is 0 Å². The van der Waals surface area contributed by atoms with Crippen LogP contribution in [0.3, 0.4) is 0 Å². The van der Waals surface area contributed by atoms with E-state index in [2.05, 4.69) is 15.0 Å². The van der Waals surface area contributed by atoms with Gasteiger partial charge >= 0.3 is 5.97 Å². The Bertz CT molecular complexity index is 1360. The molecule has 0 spiro atoms. The largest absolute Gasteiger partial charge is 0.480 e. The van der Waals surface area contributed by atoms with Gasteiger partial charge < -0.3 is 19.3 Å². The summed E-state index contributed by atoms with van der Waals surface area (Å²) in [6.45, 7) is 3.16. The number of aromatic nitrogens is 2. The first-order chi connectivity index (χ1) is 19.9. The van der Waals surface area contributed by atoms with E-state index in [-0.39, 0.29) is 18.1 Å². The topological polar surface area (TPSA) is 109 Å². The third-order valence-corrected chi connectivity index (χ3v) is 8.93. The van der Waals surface area contributed by atoms with Crippen LogP contribution in [-0.4, -0.2) is 75.3 Å². The van der Waals surface area contributed by atoms with Crippen LogP contribution in [0.4, 0.5) is 4.39 Å². The summed E-state index contributed by atoms with van der Waals surface area (Å²) >= 11 is 6.26. The third-order valence-electron chi connectivity index (χ3n) is 8.60. The quantitative estimate of drug-likeness (QED) is 0.437. The Morgan fingerprint density at radius 1 is 1.12 bits per heavy atom. The molecule has 3 fully saturated rings. The average Bonchev–Trinajstić information content (AvgIpc) is 3.49. The Morgan fingerprint density at radius 2 is 1.90 bits per heavy atom. The lowest BCUT2D eigenvalue weighted by Crippen LogP contribution is -2.41. The van der Waals surface area contributed by atoms with Gasteiger partial charge in [-0.1, -0.05) is 28.9 Å². The molecule has 3 heterocycles. The van der Waals surface area contributed by atoms with Crippen molar-refractivity contribution in [2.75, 3.05) is 26.2 Å². The number of carboxylic acid groups (broad SMARTS) is 1. The van der Waals surface area contributed by atoms with Crippen molar-refractivity contribution in [1.29, 1.82) is 0 Å². The van der Waals surface area contributed by atoms with Gasteiger partial charge in [-0.25, -0.2) is 9.18 Å². The minimum Gasteiger partial charge on any atom is -0.480 e. The second-order valence-corrected chi connectivity index (χ2v) is 11.9. The van der Waals surface area contributed by atoms with Crippen LogP contribution >= 0.6 is 11.6 Å². The normalized spacial score (nSPS) is 24.1. The fraction of sp³-hybridized carbons (Fsp3) is 0.533. The van der Waals surface area contributed by atoms with E-state index in [0.29, 0.717) is 61.1 Å². The van der Waals surface area contributed by atoms with Crippen molar-refractivity contribution < 1.29 is 28.3 Å². The molecule has 1 amide bonds. The fourth-order valence-electron chi connectivity index (χ4n) is 6.11. The van der Waals surface area contributed by atoms with Gasteiger partial charge in [-0.2, -0.15) is 4.98 Å². The van der Waals surface area contributed by atoms with Crippen LogP contribution in [0.1, 0.15) is 50.8 Å². The fourth-order valence-corrected chi connectivity index (χ4v) is 6.33. The van der Waals surface area contributed by atoms with E-state index in [9.17, 15) is 14.7 Å². The Morgan fingerprint density at radius 3 is 2.63 bits per heavy atom. The monoisotopic (exact) mass is 584 g/mol. The molecule has 11 heteroatoms. The maximum Gasteiger partial charge on any atom is 0.326 e. The molecule has 4 aliphatic rings. The Balaban J connectivity index is 1.01. The number of carbonyl (C=O) groups is 2. The first-order valence-corrected chi connectivity index (χ1v) is 14.8. The summed E-state index contributed by atoms with van der Waals surface area (Å²) < 4.78 is 27.0. The first kappa shape index (κ1) is 28.1. The molecule has 2 aromatic rings. The summed E-state index contributed by atoms with van der Waals surface area (Å²) in [6.07, 6.45) is 6.20. The van der Waals surface area contributed by atoms with E-state index < -0.39 is 23.7 Å². The molecule has 1 saturated carbocycles. The summed E-state index contributed by atoms with van der Waals surface area (Å²) in [7, 11) is 0. The number of nitrogens with zero attached hydrogens (tertiary/aromatic N) is 4. The van der Waals surface area contributed by atoms with Crippen LogP contribution in [0.2, 0.25) is 5.02 Å². The minimum atomic E-state index is -1.04. The third kappa shape index (κ3) is 6.24. The number of rotatable bonds is 9. The number of piperidine rings is 1. The van der Waals surface area contributed by atoms with Gasteiger partial charge in [0.2, 0.25) is 11.7 Å². The van der Waals surface area contributed by atoms with Crippen LogP contribution in [0.15, 0.2) is 51.8 Å². The zero-order chi connectivity index (χ0) is 28.5. The lowest BCUT2D eigenvalue weighted by molar-refractivity contribution is -0.146. The summed E-state index contributed by atoms with van der Waals surface area (Å²) in [4.78, 5) is 32.8. The van der Waals surface area contributed by atoms with E-state index >= 15 is 4.39 Å². The highest BCUT2D eigenvalue weighted by atomic mass is 35.5. The molecule has 218 valence electrons. The van der Waals surface area contributed by atoms with Crippen molar-refractivity contribution >= 4 is 23.5 Å². The molecule has 1 aromatic heterocycles. The highest BCUT2D eigenvalue weighted by molar-refractivity contribution is 6.33. The predicted molar refractivity (Wildman–Crippen MR) is 148 cm³/mol. The summed E-state index contributed by atoms with van der Waals surface area (Å²) in [5, 5.41) is 14.1. The molecule has 2 aliphatic carbocycles. The molecule has 2 saturated heterocycles. The molecule has 41 heavy (non-hydrogen) atoms. The maximum absolute atomic E-state index is 15.3. The number of benzene rings is 1. The highest BCUT2D eigenvalue weighted by Crippen LogP contribution is 2.44. The van der Waals surface area contributed by atoms with Crippen LogP contribution in [-0.2, 0) is 20.9 Å². The van der Waals surface area contributed by atoms with Gasteiger partial charge in [0.15, 0.2) is 0 Å². The number of aliphatic carboxylic acids is 1. The van der Waals surface area contributed by atoms with Crippen LogP contribution in [0, 0.1) is 11.8 Å². The van der Waals surface area contributed by atoms with Crippen molar-refractivity contribution in [1.82, 2.24) is 19.9 Å². The molecule has 1 N–H and O–H groups in total. The molecular weight excluding hydrogens is 551 g/mol. The number of amides is 1. The zero-order valence-corrected chi connectivity index (χ0v) is 23.6. The second kappa shape index (κ2) is 12.0. The Kier molecular flexibility index (Phi) is 8.23. The predicted octanol–water partition coefficient (Wildman–Crippen LogP) is 5.03. The van der Waals surface area contributed by atoms with Gasteiger partial charge in [-0.3, -0.25) is 9.69 Å². The molecular formula is C30H34ClFN4O5. The molecule has 0 radical (unpaired) electrons. The van der Waals surface area contributed by atoms with Crippen LogP contribution in [0.25, 0.3) is 11.4 Å². The van der Waals surface area contributed by atoms with Gasteiger partial charge in [-0.05, 0) is 87.2 Å². The van der Waals surface area contributed by atoms with Crippen molar-refractivity contribution in [3.8, 4) is 11.4 Å². The number of likely N-dealkylation sites (tertiary alicyclic amines) is 2. The molecule has 2 atom stereocenters. The van der Waals surface area contributed by atoms with Gasteiger partial charge in [-0.15, -0.1) is 0 Å². The number of carboxylic acids is 1. The van der Waals surface area contributed by atoms with Crippen molar-refractivity contribution in [3.05, 3.63) is 58.2 Å². The summed E-state index contributed by atoms with van der Waals surface area (Å²) in [6, 6.07) is 6.52.